The fourth-order valence-electron chi connectivity index (χ4n) is 2.58. The lowest BCUT2D eigenvalue weighted by atomic mass is 9.94. The number of ketones is 1. The molecule has 0 aliphatic carbocycles. The predicted octanol–water partition coefficient (Wildman–Crippen LogP) is 3.25. The molecule has 4 nitrogen and oxygen atoms in total. The molecule has 0 heterocycles. The molecular weight excluding hydrogens is 300 g/mol. The van der Waals surface area contributed by atoms with Gasteiger partial charge in [0, 0.05) is 16.7 Å². The molecule has 0 unspecified atom stereocenters. The van der Waals surface area contributed by atoms with Gasteiger partial charge in [-0.05, 0) is 44.0 Å². The molecule has 4 heteroatoms. The second-order valence-electron chi connectivity index (χ2n) is 6.50. The van der Waals surface area contributed by atoms with Crippen molar-refractivity contribution in [2.75, 3.05) is 6.54 Å². The molecule has 24 heavy (non-hydrogen) atoms. The van der Waals surface area contributed by atoms with E-state index in [9.17, 15) is 9.90 Å². The lowest BCUT2D eigenvalue weighted by molar-refractivity contribution is 0.0980. The Bertz CT molecular complexity index is 746. The molecule has 2 aromatic rings. The second-order valence-corrected chi connectivity index (χ2v) is 6.50. The van der Waals surface area contributed by atoms with Crippen LogP contribution >= 0.6 is 0 Å². The quantitative estimate of drug-likeness (QED) is 0.768. The molecule has 124 valence electrons. The molecule has 0 spiro atoms. The Balaban J connectivity index is 1.99. The molecule has 2 aromatic carbocycles. The summed E-state index contributed by atoms with van der Waals surface area (Å²) in [5.41, 5.74) is 1.97. The van der Waals surface area contributed by atoms with Gasteiger partial charge in [-0.2, -0.15) is 5.26 Å². The molecule has 0 aliphatic heterocycles. The number of hydrogen-bond acceptors (Lipinski definition) is 4. The average molecular weight is 322 g/mol. The largest absolute Gasteiger partial charge is 0.508 e. The third-order valence-electron chi connectivity index (χ3n) is 3.89. The highest BCUT2D eigenvalue weighted by molar-refractivity contribution is 5.98. The number of benzene rings is 2. The van der Waals surface area contributed by atoms with Gasteiger partial charge < -0.3 is 10.4 Å². The van der Waals surface area contributed by atoms with Crippen LogP contribution < -0.4 is 5.32 Å². The molecule has 0 atom stereocenters. The van der Waals surface area contributed by atoms with Crippen LogP contribution in [0, 0.1) is 11.3 Å². The zero-order valence-electron chi connectivity index (χ0n) is 14.0. The van der Waals surface area contributed by atoms with Crippen LogP contribution in [0.3, 0.4) is 0 Å². The van der Waals surface area contributed by atoms with Gasteiger partial charge in [0.25, 0.3) is 0 Å². The predicted molar refractivity (Wildman–Crippen MR) is 94.0 cm³/mol. The maximum absolute atomic E-state index is 12.4. The van der Waals surface area contributed by atoms with E-state index in [0.717, 1.165) is 6.42 Å². The number of rotatable bonds is 7. The first kappa shape index (κ1) is 17.7. The zero-order chi connectivity index (χ0) is 17.6. The van der Waals surface area contributed by atoms with Gasteiger partial charge in [-0.25, -0.2) is 0 Å². The number of nitriles is 1. The van der Waals surface area contributed by atoms with E-state index in [4.69, 9.17) is 5.26 Å². The first-order chi connectivity index (χ1) is 11.4. The molecular formula is C20H22N2O2. The molecule has 0 aromatic heterocycles. The lowest BCUT2D eigenvalue weighted by Gasteiger charge is -2.26. The molecule has 0 aliphatic rings. The van der Waals surface area contributed by atoms with Crippen molar-refractivity contribution in [3.8, 4) is 11.8 Å². The van der Waals surface area contributed by atoms with Gasteiger partial charge in [-0.1, -0.05) is 30.3 Å². The Kier molecular flexibility index (Phi) is 5.73. The first-order valence-corrected chi connectivity index (χ1v) is 7.92. The minimum Gasteiger partial charge on any atom is -0.508 e. The Morgan fingerprint density at radius 3 is 2.58 bits per heavy atom. The fraction of sp³-hybridized carbons (Fsp3) is 0.300. The SMILES string of the molecule is CC(C)(Cc1ccccc1)NCC(=O)c1ccc(O)c(CC#N)c1. The summed E-state index contributed by atoms with van der Waals surface area (Å²) in [5.74, 6) is -0.0132. The topological polar surface area (TPSA) is 73.1 Å². The van der Waals surface area contributed by atoms with Crippen molar-refractivity contribution >= 4 is 5.78 Å². The highest BCUT2D eigenvalue weighted by Crippen LogP contribution is 2.19. The number of hydrogen-bond donors (Lipinski definition) is 2. The van der Waals surface area contributed by atoms with Crippen molar-refractivity contribution in [2.24, 2.45) is 0 Å². The number of phenolic OH excluding ortho intramolecular Hbond substituents is 1. The van der Waals surface area contributed by atoms with Crippen LogP contribution in [-0.2, 0) is 12.8 Å². The molecule has 0 saturated carbocycles. The summed E-state index contributed by atoms with van der Waals surface area (Å²) in [6.45, 7) is 4.33. The van der Waals surface area contributed by atoms with E-state index in [1.807, 2.05) is 24.3 Å². The molecule has 0 amide bonds. The van der Waals surface area contributed by atoms with Gasteiger partial charge in [-0.3, -0.25) is 4.79 Å². The van der Waals surface area contributed by atoms with Crippen molar-refractivity contribution in [2.45, 2.75) is 32.2 Å². The van der Waals surface area contributed by atoms with Crippen LogP contribution in [0.2, 0.25) is 0 Å². The Hall–Kier alpha value is -2.64. The standard InChI is InChI=1S/C20H22N2O2/c1-20(2,13-15-6-4-3-5-7-15)22-14-19(24)16-8-9-18(23)17(12-16)10-11-21/h3-9,12,22-23H,10,13-14H2,1-2H3. The molecule has 0 saturated heterocycles. The maximum Gasteiger partial charge on any atom is 0.176 e. The lowest BCUT2D eigenvalue weighted by Crippen LogP contribution is -2.44. The Morgan fingerprint density at radius 2 is 1.92 bits per heavy atom. The van der Waals surface area contributed by atoms with Crippen LogP contribution in [0.4, 0.5) is 0 Å². The van der Waals surface area contributed by atoms with E-state index in [-0.39, 0.29) is 30.0 Å². The number of nitrogens with one attached hydrogen (secondary N) is 1. The van der Waals surface area contributed by atoms with Crippen LogP contribution in [0.1, 0.15) is 35.3 Å². The monoisotopic (exact) mass is 322 g/mol. The minimum atomic E-state index is -0.219. The average Bonchev–Trinajstić information content (AvgIpc) is 2.55. The van der Waals surface area contributed by atoms with Gasteiger partial charge in [0.05, 0.1) is 19.0 Å². The van der Waals surface area contributed by atoms with Crippen molar-refractivity contribution in [3.63, 3.8) is 0 Å². The van der Waals surface area contributed by atoms with Crippen LogP contribution in [-0.4, -0.2) is 23.0 Å². The molecule has 2 rings (SSSR count). The van der Waals surface area contributed by atoms with Gasteiger partial charge in [0.15, 0.2) is 5.78 Å². The number of phenols is 1. The van der Waals surface area contributed by atoms with Gasteiger partial charge in [0.1, 0.15) is 5.75 Å². The van der Waals surface area contributed by atoms with Crippen LogP contribution in [0.15, 0.2) is 48.5 Å². The Morgan fingerprint density at radius 1 is 1.21 bits per heavy atom. The summed E-state index contributed by atoms with van der Waals surface area (Å²) in [5, 5.41) is 21.8. The molecule has 0 bridgehead atoms. The number of carbonyl (C=O) groups is 1. The summed E-state index contributed by atoms with van der Waals surface area (Å²) in [6.07, 6.45) is 0.899. The van der Waals surface area contributed by atoms with Crippen LogP contribution in [0.5, 0.6) is 5.75 Å². The molecule has 2 N–H and O–H groups in total. The third kappa shape index (κ3) is 4.94. The highest BCUT2D eigenvalue weighted by Gasteiger charge is 2.19. The van der Waals surface area contributed by atoms with Gasteiger partial charge in [-0.15, -0.1) is 0 Å². The van der Waals surface area contributed by atoms with E-state index in [2.05, 4.69) is 31.3 Å². The van der Waals surface area contributed by atoms with E-state index in [0.29, 0.717) is 11.1 Å². The van der Waals surface area contributed by atoms with E-state index >= 15 is 0 Å². The minimum absolute atomic E-state index is 0.0467. The number of carbonyl (C=O) groups excluding carboxylic acids is 1. The Labute approximate surface area is 142 Å². The molecule has 0 radical (unpaired) electrons. The number of aromatic hydroxyl groups is 1. The van der Waals surface area contributed by atoms with Crippen molar-refractivity contribution in [1.82, 2.24) is 5.32 Å². The second kappa shape index (κ2) is 7.76. The summed E-state index contributed by atoms with van der Waals surface area (Å²) >= 11 is 0. The summed E-state index contributed by atoms with van der Waals surface area (Å²) in [7, 11) is 0. The first-order valence-electron chi connectivity index (χ1n) is 7.92. The molecule has 0 fully saturated rings. The van der Waals surface area contributed by atoms with Crippen molar-refractivity contribution in [1.29, 1.82) is 5.26 Å². The smallest absolute Gasteiger partial charge is 0.176 e. The normalized spacial score (nSPS) is 11.0. The van der Waals surface area contributed by atoms with E-state index in [1.165, 1.54) is 11.6 Å². The third-order valence-corrected chi connectivity index (χ3v) is 3.89. The summed E-state index contributed by atoms with van der Waals surface area (Å²) in [6, 6.07) is 16.8. The van der Waals surface area contributed by atoms with E-state index in [1.54, 1.807) is 12.1 Å². The highest BCUT2D eigenvalue weighted by atomic mass is 16.3. The fourth-order valence-corrected chi connectivity index (χ4v) is 2.58. The zero-order valence-corrected chi connectivity index (χ0v) is 14.0. The van der Waals surface area contributed by atoms with Gasteiger partial charge >= 0.3 is 0 Å². The van der Waals surface area contributed by atoms with Crippen LogP contribution in [0.25, 0.3) is 0 Å². The van der Waals surface area contributed by atoms with Crippen molar-refractivity contribution in [3.05, 3.63) is 65.2 Å². The van der Waals surface area contributed by atoms with Gasteiger partial charge in [0.2, 0.25) is 0 Å². The van der Waals surface area contributed by atoms with Crippen molar-refractivity contribution < 1.29 is 9.90 Å². The summed E-state index contributed by atoms with van der Waals surface area (Å²) in [4.78, 5) is 12.4. The number of nitrogens with zero attached hydrogens (tertiary/aromatic N) is 1. The van der Waals surface area contributed by atoms with E-state index < -0.39 is 0 Å². The summed E-state index contributed by atoms with van der Waals surface area (Å²) < 4.78 is 0. The maximum atomic E-state index is 12.4. The number of Topliss-reactive ketones (excluding diaryl/α,β-unsaturated/α-hetero) is 1.